The third-order valence-electron chi connectivity index (χ3n) is 12.9. The number of likely N-dealkylation sites (tertiary alicyclic amines) is 2. The molecule has 2 N–H and O–H groups in total. The molecule has 60 heavy (non-hydrogen) atoms. The summed E-state index contributed by atoms with van der Waals surface area (Å²) >= 11 is 0. The number of hydrogen-bond donors (Lipinski definition) is 2. The van der Waals surface area contributed by atoms with Crippen LogP contribution in [0.25, 0.3) is 0 Å². The Morgan fingerprint density at radius 2 is 1.62 bits per heavy atom. The lowest BCUT2D eigenvalue weighted by Gasteiger charge is -2.41. The highest BCUT2D eigenvalue weighted by atomic mass is 16.6. The third kappa shape index (κ3) is 12.4. The Bertz CT molecular complexity index is 1770. The van der Waals surface area contributed by atoms with Crippen LogP contribution in [0.15, 0.2) is 24.3 Å². The first-order valence-electron chi connectivity index (χ1n) is 22.3. The number of hydrogen-bond acceptors (Lipinski definition) is 8. The molecular weight excluding hydrogens is 763 g/mol. The Labute approximate surface area is 357 Å². The van der Waals surface area contributed by atoms with Gasteiger partial charge in [-0.05, 0) is 65.4 Å². The summed E-state index contributed by atoms with van der Waals surface area (Å²) in [6, 6.07) is 4.78. The van der Waals surface area contributed by atoms with Gasteiger partial charge in [0.2, 0.25) is 17.6 Å². The van der Waals surface area contributed by atoms with Crippen LogP contribution in [0.4, 0.5) is 9.59 Å². The lowest BCUT2D eigenvalue weighted by atomic mass is 9.81. The van der Waals surface area contributed by atoms with Gasteiger partial charge in [0.15, 0.2) is 11.6 Å². The van der Waals surface area contributed by atoms with Crippen LogP contribution in [-0.2, 0) is 41.7 Å². The van der Waals surface area contributed by atoms with Gasteiger partial charge in [0, 0.05) is 57.8 Å². The fourth-order valence-electron chi connectivity index (χ4n) is 8.63. The molecular formula is C47H71N5O8. The molecule has 5 amide bonds. The summed E-state index contributed by atoms with van der Waals surface area (Å²) in [6.07, 6.45) is 4.31. The van der Waals surface area contributed by atoms with E-state index < -0.39 is 70.6 Å². The Morgan fingerprint density at radius 3 is 2.23 bits per heavy atom. The normalized spacial score (nSPS) is 22.0. The van der Waals surface area contributed by atoms with Crippen molar-refractivity contribution in [1.29, 1.82) is 0 Å². The van der Waals surface area contributed by atoms with Crippen LogP contribution in [0.3, 0.4) is 0 Å². The molecule has 13 nitrogen and oxygen atoms in total. The summed E-state index contributed by atoms with van der Waals surface area (Å²) in [5.74, 6) is -2.38. The number of ketones is 3. The minimum atomic E-state index is -1.10. The SMILES string of the molecule is CCCCC(CC(=O)[C@@H]1C[C@@H](OC(=O)N2CCc3ccccc3C2)CN1C(=O)[C@@H](NC(=O)N[C@H](CN1CCC(C)(C)CC1=O)C(C)(C)C)C(C)(C)C)C(=O)C(=O)CC1CC1. The van der Waals surface area contributed by atoms with Gasteiger partial charge < -0.3 is 30.1 Å². The van der Waals surface area contributed by atoms with Gasteiger partial charge in [0.25, 0.3) is 0 Å². The molecule has 0 bridgehead atoms. The molecule has 1 saturated carbocycles. The zero-order valence-corrected chi connectivity index (χ0v) is 37.7. The molecule has 0 radical (unpaired) electrons. The van der Waals surface area contributed by atoms with Gasteiger partial charge in [-0.1, -0.05) is 99.4 Å². The quantitative estimate of drug-likeness (QED) is 0.176. The maximum absolute atomic E-state index is 14.9. The highest BCUT2D eigenvalue weighted by Gasteiger charge is 2.47. The highest BCUT2D eigenvalue weighted by molar-refractivity contribution is 6.38. The number of nitrogens with one attached hydrogen (secondary N) is 2. The maximum Gasteiger partial charge on any atom is 0.410 e. The molecule has 1 aromatic rings. The number of piperidine rings is 1. The predicted molar refractivity (Wildman–Crippen MR) is 229 cm³/mol. The molecule has 2 saturated heterocycles. The van der Waals surface area contributed by atoms with Crippen LogP contribution >= 0.6 is 0 Å². The van der Waals surface area contributed by atoms with Gasteiger partial charge in [-0.3, -0.25) is 24.0 Å². The number of unbranched alkanes of at least 4 members (excludes halogenated alkanes) is 1. The Morgan fingerprint density at radius 1 is 0.933 bits per heavy atom. The number of urea groups is 1. The predicted octanol–water partition coefficient (Wildman–Crippen LogP) is 6.63. The fraction of sp³-hybridized carbons (Fsp3) is 0.723. The molecule has 0 spiro atoms. The number of ether oxygens (including phenoxy) is 1. The summed E-state index contributed by atoms with van der Waals surface area (Å²) in [4.78, 5) is 101. The molecule has 4 aliphatic rings. The molecule has 5 atom stereocenters. The number of fused-ring (bicyclic) bond motifs is 1. The monoisotopic (exact) mass is 834 g/mol. The maximum atomic E-state index is 14.9. The number of rotatable bonds is 16. The van der Waals surface area contributed by atoms with E-state index in [4.69, 9.17) is 4.74 Å². The standard InChI is InChI=1S/C47H71N5O8/c1-10-11-14-32(40(56)37(54)23-30-17-18-30)24-36(53)35-25-34(60-44(59)51-21-19-31-15-12-13-16-33(31)27-51)28-52(35)42(57)41(46(5,6)7)49-43(58)48-38(45(2,3)4)29-50-22-20-47(8,9)26-39(50)55/h12-13,15-16,30,32,34-35,38,41H,10-11,14,17-29H2,1-9H3,(H2,48,49,58)/t32?,34-,35+,38-,41-/m1/s1. The van der Waals surface area contributed by atoms with Crippen LogP contribution in [0.5, 0.6) is 0 Å². The van der Waals surface area contributed by atoms with Crippen LogP contribution in [0.2, 0.25) is 0 Å². The van der Waals surface area contributed by atoms with Crippen molar-refractivity contribution >= 4 is 41.3 Å². The zero-order chi connectivity index (χ0) is 44.2. The van der Waals surface area contributed by atoms with E-state index in [1.165, 1.54) is 10.5 Å². The van der Waals surface area contributed by atoms with Crippen LogP contribution < -0.4 is 10.6 Å². The average molecular weight is 834 g/mol. The van der Waals surface area contributed by atoms with Crippen LogP contribution in [0, 0.1) is 28.1 Å². The van der Waals surface area contributed by atoms with Crippen LogP contribution in [0.1, 0.15) is 138 Å². The Hall–Kier alpha value is -4.29. The van der Waals surface area contributed by atoms with Gasteiger partial charge in [-0.25, -0.2) is 9.59 Å². The first-order valence-corrected chi connectivity index (χ1v) is 22.3. The molecule has 1 aromatic carbocycles. The number of carbonyl (C=O) groups excluding carboxylic acids is 7. The molecule has 3 heterocycles. The van der Waals surface area contributed by atoms with Crippen molar-refractivity contribution in [2.24, 2.45) is 28.1 Å². The molecule has 1 aliphatic carbocycles. The summed E-state index contributed by atoms with van der Waals surface area (Å²) in [7, 11) is 0. The lowest BCUT2D eigenvalue weighted by molar-refractivity contribution is -0.143. The van der Waals surface area contributed by atoms with Crippen LogP contribution in [-0.4, -0.2) is 106 Å². The average Bonchev–Trinajstić information content (AvgIpc) is 3.89. The van der Waals surface area contributed by atoms with E-state index in [2.05, 4.69) is 24.5 Å². The second-order valence-electron chi connectivity index (χ2n) is 20.9. The third-order valence-corrected chi connectivity index (χ3v) is 12.9. The number of amides is 5. The highest BCUT2D eigenvalue weighted by Crippen LogP contribution is 2.35. The largest absolute Gasteiger partial charge is 0.444 e. The van der Waals surface area contributed by atoms with E-state index in [1.54, 1.807) is 9.80 Å². The Balaban J connectivity index is 1.35. The summed E-state index contributed by atoms with van der Waals surface area (Å²) in [5.41, 5.74) is 0.876. The minimum Gasteiger partial charge on any atom is -0.444 e. The number of carbonyl (C=O) groups is 7. The van der Waals surface area contributed by atoms with E-state index in [-0.39, 0.29) is 48.8 Å². The topological polar surface area (TPSA) is 162 Å². The van der Waals surface area contributed by atoms with Crippen molar-refractivity contribution in [3.8, 4) is 0 Å². The van der Waals surface area contributed by atoms with Gasteiger partial charge in [-0.15, -0.1) is 0 Å². The first kappa shape index (κ1) is 46.8. The molecule has 3 fully saturated rings. The molecule has 13 heteroatoms. The number of benzene rings is 1. The second kappa shape index (κ2) is 19.2. The lowest BCUT2D eigenvalue weighted by Crippen LogP contribution is -2.61. The van der Waals surface area contributed by atoms with E-state index in [1.807, 2.05) is 72.7 Å². The van der Waals surface area contributed by atoms with Gasteiger partial charge in [-0.2, -0.15) is 0 Å². The van der Waals surface area contributed by atoms with Crippen molar-refractivity contribution < 1.29 is 38.3 Å². The van der Waals surface area contributed by atoms with Crippen molar-refractivity contribution in [2.75, 3.05) is 26.2 Å². The summed E-state index contributed by atoms with van der Waals surface area (Å²) < 4.78 is 6.05. The van der Waals surface area contributed by atoms with Gasteiger partial charge >= 0.3 is 12.1 Å². The smallest absolute Gasteiger partial charge is 0.410 e. The second-order valence-corrected chi connectivity index (χ2v) is 20.9. The minimum absolute atomic E-state index is 0.0290. The summed E-state index contributed by atoms with van der Waals surface area (Å²) in [5, 5.41) is 6.00. The van der Waals surface area contributed by atoms with E-state index >= 15 is 0 Å². The van der Waals surface area contributed by atoms with Gasteiger partial charge in [0.1, 0.15) is 12.1 Å². The molecule has 5 rings (SSSR count). The van der Waals surface area contributed by atoms with E-state index in [0.717, 1.165) is 31.2 Å². The fourth-order valence-corrected chi connectivity index (χ4v) is 8.63. The van der Waals surface area contributed by atoms with Crippen molar-refractivity contribution in [3.63, 3.8) is 0 Å². The van der Waals surface area contributed by atoms with E-state index in [0.29, 0.717) is 51.9 Å². The number of nitrogens with zero attached hydrogens (tertiary/aromatic N) is 3. The van der Waals surface area contributed by atoms with E-state index in [9.17, 15) is 33.6 Å². The Kier molecular flexibility index (Phi) is 15.0. The van der Waals surface area contributed by atoms with Gasteiger partial charge in [0.05, 0.1) is 18.6 Å². The number of Topliss-reactive ketones (excluding diaryl/α,β-unsaturated/α-hetero) is 3. The molecule has 0 aromatic heterocycles. The van der Waals surface area contributed by atoms with Crippen molar-refractivity contribution in [1.82, 2.24) is 25.3 Å². The summed E-state index contributed by atoms with van der Waals surface area (Å²) in [6.45, 7) is 19.3. The first-order chi connectivity index (χ1) is 28.1. The van der Waals surface area contributed by atoms with Crippen molar-refractivity contribution in [3.05, 3.63) is 35.4 Å². The molecule has 332 valence electrons. The molecule has 1 unspecified atom stereocenters. The zero-order valence-electron chi connectivity index (χ0n) is 37.7. The van der Waals surface area contributed by atoms with Crippen molar-refractivity contribution in [2.45, 2.75) is 164 Å². The molecule has 3 aliphatic heterocycles.